The van der Waals surface area contributed by atoms with Gasteiger partial charge in [0.25, 0.3) is 0 Å². The lowest BCUT2D eigenvalue weighted by Crippen LogP contribution is -2.18. The number of cyclic esters (lactones) is 1. The van der Waals surface area contributed by atoms with Crippen LogP contribution in [0.4, 0.5) is 0 Å². The van der Waals surface area contributed by atoms with Gasteiger partial charge in [0.15, 0.2) is 0 Å². The minimum Gasteiger partial charge on any atom is -0.432 e. The fourth-order valence-corrected chi connectivity index (χ4v) is 0.756. The Bertz CT molecular complexity index is 160. The second-order valence-electron chi connectivity index (χ2n) is 2.02. The highest BCUT2D eigenvalue weighted by molar-refractivity contribution is 5.72. The lowest BCUT2D eigenvalue weighted by molar-refractivity contribution is -0.142. The molecule has 1 rings (SSSR count). The molecule has 1 aliphatic rings. The van der Waals surface area contributed by atoms with Crippen LogP contribution in [0.1, 0.15) is 13.3 Å². The molecule has 0 saturated heterocycles. The molecule has 0 aliphatic carbocycles. The minimum atomic E-state index is -0.647. The summed E-state index contributed by atoms with van der Waals surface area (Å²) >= 11 is 0. The third-order valence-electron chi connectivity index (χ3n) is 1.08. The van der Waals surface area contributed by atoms with Crippen LogP contribution in [0.15, 0.2) is 11.8 Å². The Kier molecular flexibility index (Phi) is 1.53. The molecule has 0 bridgehead atoms. The fraction of sp³-hybridized carbons (Fsp3) is 0.500. The van der Waals surface area contributed by atoms with Gasteiger partial charge in [-0.05, 0) is 13.0 Å². The molecule has 0 radical (unpaired) electrons. The molecule has 0 amide bonds. The molecule has 0 aromatic heterocycles. The molecule has 0 spiro atoms. The summed E-state index contributed by atoms with van der Waals surface area (Å²) in [4.78, 5) is 10.5. The van der Waals surface area contributed by atoms with E-state index in [1.807, 2.05) is 0 Å². The Labute approximate surface area is 52.9 Å². The van der Waals surface area contributed by atoms with Crippen molar-refractivity contribution < 1.29 is 14.6 Å². The molecule has 3 nitrogen and oxygen atoms in total. The number of aliphatic hydroxyl groups is 1. The van der Waals surface area contributed by atoms with Crippen molar-refractivity contribution in [3.05, 3.63) is 11.8 Å². The third kappa shape index (κ3) is 1.54. The van der Waals surface area contributed by atoms with Crippen LogP contribution in [0.3, 0.4) is 0 Å². The summed E-state index contributed by atoms with van der Waals surface area (Å²) in [5.74, 6) is 0.126. The lowest BCUT2D eigenvalue weighted by Gasteiger charge is -2.13. The number of hydrogen-bond donors (Lipinski definition) is 1. The quantitative estimate of drug-likeness (QED) is 0.474. The van der Waals surface area contributed by atoms with Gasteiger partial charge in [-0.2, -0.15) is 0 Å². The molecular formula is C6H8O3. The molecule has 3 heteroatoms. The van der Waals surface area contributed by atoms with Crippen LogP contribution in [0.25, 0.3) is 0 Å². The van der Waals surface area contributed by atoms with Crippen molar-refractivity contribution in [2.24, 2.45) is 0 Å². The second kappa shape index (κ2) is 2.19. The molecular weight excluding hydrogens is 120 g/mol. The molecule has 50 valence electrons. The molecule has 1 N–H and O–H groups in total. The van der Waals surface area contributed by atoms with Crippen LogP contribution in [0.5, 0.6) is 0 Å². The predicted molar refractivity (Wildman–Crippen MR) is 30.5 cm³/mol. The van der Waals surface area contributed by atoms with E-state index in [9.17, 15) is 4.79 Å². The molecule has 1 atom stereocenters. The van der Waals surface area contributed by atoms with Crippen molar-refractivity contribution in [3.63, 3.8) is 0 Å². The van der Waals surface area contributed by atoms with Gasteiger partial charge >= 0.3 is 5.97 Å². The highest BCUT2D eigenvalue weighted by atomic mass is 16.5. The van der Waals surface area contributed by atoms with Crippen molar-refractivity contribution in [1.82, 2.24) is 0 Å². The zero-order chi connectivity index (χ0) is 6.85. The van der Waals surface area contributed by atoms with Crippen LogP contribution >= 0.6 is 0 Å². The highest BCUT2D eigenvalue weighted by Gasteiger charge is 2.16. The number of aliphatic hydroxyl groups excluding tert-OH is 1. The molecule has 0 aromatic rings. The van der Waals surface area contributed by atoms with E-state index >= 15 is 0 Å². The van der Waals surface area contributed by atoms with E-state index < -0.39 is 6.10 Å². The normalized spacial score (nSPS) is 27.1. The van der Waals surface area contributed by atoms with E-state index in [1.165, 1.54) is 6.08 Å². The molecule has 0 fully saturated rings. The van der Waals surface area contributed by atoms with E-state index in [1.54, 1.807) is 6.92 Å². The van der Waals surface area contributed by atoms with Crippen molar-refractivity contribution in [3.8, 4) is 0 Å². The summed E-state index contributed by atoms with van der Waals surface area (Å²) < 4.78 is 4.62. The van der Waals surface area contributed by atoms with Crippen LogP contribution in [-0.2, 0) is 9.53 Å². The lowest BCUT2D eigenvalue weighted by atomic mass is 10.2. The van der Waals surface area contributed by atoms with Crippen LogP contribution in [0.2, 0.25) is 0 Å². The van der Waals surface area contributed by atoms with Gasteiger partial charge in [0.05, 0.1) is 12.5 Å². The van der Waals surface area contributed by atoms with E-state index in [4.69, 9.17) is 5.11 Å². The zero-order valence-electron chi connectivity index (χ0n) is 5.13. The van der Waals surface area contributed by atoms with Crippen molar-refractivity contribution >= 4 is 5.97 Å². The Morgan fingerprint density at radius 1 is 1.89 bits per heavy atom. The van der Waals surface area contributed by atoms with Gasteiger partial charge in [-0.25, -0.2) is 0 Å². The van der Waals surface area contributed by atoms with E-state index in [-0.39, 0.29) is 12.4 Å². The van der Waals surface area contributed by atoms with Gasteiger partial charge in [-0.15, -0.1) is 0 Å². The minimum absolute atomic E-state index is 0.0807. The van der Waals surface area contributed by atoms with Gasteiger partial charge in [0.2, 0.25) is 0 Å². The largest absolute Gasteiger partial charge is 0.432 e. The summed E-state index contributed by atoms with van der Waals surface area (Å²) in [7, 11) is 0. The summed E-state index contributed by atoms with van der Waals surface area (Å²) in [6, 6.07) is 0. The maximum atomic E-state index is 10.5. The predicted octanol–water partition coefficient (Wildman–Crippen LogP) is 0.198. The number of carbonyl (C=O) groups excluding carboxylic acids is 1. The first-order chi connectivity index (χ1) is 4.18. The van der Waals surface area contributed by atoms with Crippen LogP contribution in [-0.4, -0.2) is 17.2 Å². The van der Waals surface area contributed by atoms with E-state index in [0.29, 0.717) is 5.76 Å². The number of esters is 1. The van der Waals surface area contributed by atoms with Crippen molar-refractivity contribution in [2.45, 2.75) is 19.4 Å². The van der Waals surface area contributed by atoms with E-state index in [0.717, 1.165) is 0 Å². The number of carbonyl (C=O) groups is 1. The van der Waals surface area contributed by atoms with E-state index in [2.05, 4.69) is 4.74 Å². The van der Waals surface area contributed by atoms with Gasteiger partial charge in [0.1, 0.15) is 5.76 Å². The Hall–Kier alpha value is -0.830. The summed E-state index contributed by atoms with van der Waals surface area (Å²) in [6.07, 6.45) is 0.949. The first-order valence-corrected chi connectivity index (χ1v) is 2.75. The SMILES string of the molecule is CC1=C[C@H](O)CC(=O)O1. The molecule has 0 aromatic carbocycles. The summed E-state index contributed by atoms with van der Waals surface area (Å²) in [5, 5.41) is 8.87. The first-order valence-electron chi connectivity index (χ1n) is 2.75. The van der Waals surface area contributed by atoms with Crippen LogP contribution < -0.4 is 0 Å². The zero-order valence-corrected chi connectivity index (χ0v) is 5.13. The summed E-state index contributed by atoms with van der Waals surface area (Å²) in [5.41, 5.74) is 0. The highest BCUT2D eigenvalue weighted by Crippen LogP contribution is 2.10. The van der Waals surface area contributed by atoms with Gasteiger partial charge in [-0.3, -0.25) is 4.79 Å². The number of allylic oxidation sites excluding steroid dienone is 1. The third-order valence-corrected chi connectivity index (χ3v) is 1.08. The van der Waals surface area contributed by atoms with Gasteiger partial charge in [0, 0.05) is 0 Å². The molecule has 1 heterocycles. The maximum absolute atomic E-state index is 10.5. The van der Waals surface area contributed by atoms with Gasteiger partial charge in [-0.1, -0.05) is 0 Å². The Morgan fingerprint density at radius 2 is 2.56 bits per heavy atom. The molecule has 0 saturated carbocycles. The Morgan fingerprint density at radius 3 is 3.00 bits per heavy atom. The first kappa shape index (κ1) is 6.29. The second-order valence-corrected chi connectivity index (χ2v) is 2.02. The monoisotopic (exact) mass is 128 g/mol. The molecule has 1 aliphatic heterocycles. The standard InChI is InChI=1S/C6H8O3/c1-4-2-5(7)3-6(8)9-4/h2,5,7H,3H2,1H3/t5-/m0/s1. The van der Waals surface area contributed by atoms with Gasteiger partial charge < -0.3 is 9.84 Å². The average molecular weight is 128 g/mol. The number of hydrogen-bond acceptors (Lipinski definition) is 3. The molecule has 0 unspecified atom stereocenters. The van der Waals surface area contributed by atoms with Crippen molar-refractivity contribution in [2.75, 3.05) is 0 Å². The van der Waals surface area contributed by atoms with Crippen molar-refractivity contribution in [1.29, 1.82) is 0 Å². The summed E-state index contributed by atoms with van der Waals surface area (Å²) in [6.45, 7) is 1.64. The number of ether oxygens (including phenoxy) is 1. The Balaban J connectivity index is 2.67. The molecule has 9 heavy (non-hydrogen) atoms. The topological polar surface area (TPSA) is 46.5 Å². The number of rotatable bonds is 0. The fourth-order valence-electron chi connectivity index (χ4n) is 0.756. The maximum Gasteiger partial charge on any atom is 0.313 e. The average Bonchev–Trinajstić information content (AvgIpc) is 1.59. The van der Waals surface area contributed by atoms with Crippen LogP contribution in [0, 0.1) is 0 Å². The smallest absolute Gasteiger partial charge is 0.313 e.